The van der Waals surface area contributed by atoms with Crippen molar-refractivity contribution in [2.45, 2.75) is 52.2 Å². The number of carbonyl (C=O) groups is 2. The van der Waals surface area contributed by atoms with Gasteiger partial charge in [-0.05, 0) is 57.5 Å². The van der Waals surface area contributed by atoms with E-state index in [2.05, 4.69) is 0 Å². The van der Waals surface area contributed by atoms with E-state index in [4.69, 9.17) is 9.47 Å². The molecule has 3 aromatic carbocycles. The number of fused-ring (bicyclic) bond motifs is 2. The first-order valence-corrected chi connectivity index (χ1v) is 12.4. The second-order valence-corrected chi connectivity index (χ2v) is 10.4. The molecule has 0 unspecified atom stereocenters. The Balaban J connectivity index is 1.77. The van der Waals surface area contributed by atoms with Crippen LogP contribution in [-0.4, -0.2) is 42.7 Å². The van der Waals surface area contributed by atoms with Gasteiger partial charge in [-0.3, -0.25) is 9.59 Å². The minimum absolute atomic E-state index is 0.00498. The molecule has 0 fully saturated rings. The SMILES string of the molecule is CC(=O)c1c(O)c(C)c(O)c(Cc2c3c(c(O)c4c2O[C@@H](c2ccc(O)cc2)CC4=O)C=CC(C)(C)O3)c1O. The standard InChI is InChI=1S/C30H28O9/c1-13-24(34)18(27(37)22(14(2)31)25(13)35)11-19-28-17(9-10-30(3,4)39-28)26(36)23-20(33)12-21(38-29(19)23)15-5-7-16(32)8-6-15/h5-10,21,32,34-37H,11-12H2,1-4H3/t21-/m1/s1. The molecule has 39 heavy (non-hydrogen) atoms. The van der Waals surface area contributed by atoms with Crippen molar-refractivity contribution >= 4 is 17.6 Å². The van der Waals surface area contributed by atoms with Crippen LogP contribution >= 0.6 is 0 Å². The summed E-state index contributed by atoms with van der Waals surface area (Å²) >= 11 is 0. The quantitative estimate of drug-likeness (QED) is 0.285. The Bertz CT molecular complexity index is 1580. The number of ether oxygens (including phenoxy) is 2. The van der Waals surface area contributed by atoms with Gasteiger partial charge in [0.1, 0.15) is 63.1 Å². The summed E-state index contributed by atoms with van der Waals surface area (Å²) in [5, 5.41) is 53.2. The Hall–Kier alpha value is -4.66. The van der Waals surface area contributed by atoms with E-state index in [-0.39, 0.29) is 69.2 Å². The van der Waals surface area contributed by atoms with E-state index in [0.717, 1.165) is 0 Å². The van der Waals surface area contributed by atoms with Gasteiger partial charge < -0.3 is 35.0 Å². The molecule has 0 aromatic heterocycles. The lowest BCUT2D eigenvalue weighted by Gasteiger charge is -2.34. The van der Waals surface area contributed by atoms with Crippen LogP contribution in [0.4, 0.5) is 0 Å². The normalized spacial score (nSPS) is 17.1. The first kappa shape index (κ1) is 26.0. The number of hydrogen-bond acceptors (Lipinski definition) is 9. The Morgan fingerprint density at radius 3 is 2.26 bits per heavy atom. The smallest absolute Gasteiger partial charge is 0.174 e. The highest BCUT2D eigenvalue weighted by Crippen LogP contribution is 2.53. The van der Waals surface area contributed by atoms with Gasteiger partial charge in [0.25, 0.3) is 0 Å². The van der Waals surface area contributed by atoms with E-state index in [0.29, 0.717) is 5.56 Å². The van der Waals surface area contributed by atoms with Crippen molar-refractivity contribution < 1.29 is 44.6 Å². The van der Waals surface area contributed by atoms with Crippen LogP contribution in [0.15, 0.2) is 30.3 Å². The van der Waals surface area contributed by atoms with E-state index in [1.165, 1.54) is 26.0 Å². The molecule has 0 spiro atoms. The summed E-state index contributed by atoms with van der Waals surface area (Å²) in [5.74, 6) is -2.65. The minimum atomic E-state index is -0.809. The van der Waals surface area contributed by atoms with Gasteiger partial charge in [-0.2, -0.15) is 0 Å². The van der Waals surface area contributed by atoms with E-state index in [1.807, 2.05) is 0 Å². The molecule has 0 bridgehead atoms. The summed E-state index contributed by atoms with van der Waals surface area (Å²) in [5.41, 5.74) is -0.187. The number of phenolic OH excluding ortho intramolecular Hbond substituents is 5. The van der Waals surface area contributed by atoms with Gasteiger partial charge in [-0.15, -0.1) is 0 Å². The molecule has 5 rings (SSSR count). The van der Waals surface area contributed by atoms with Crippen LogP contribution < -0.4 is 9.47 Å². The third-order valence-corrected chi connectivity index (χ3v) is 7.16. The van der Waals surface area contributed by atoms with Gasteiger partial charge in [0.05, 0.1) is 12.0 Å². The van der Waals surface area contributed by atoms with Crippen LogP contribution in [0, 0.1) is 6.92 Å². The zero-order valence-corrected chi connectivity index (χ0v) is 21.8. The number of rotatable bonds is 4. The van der Waals surface area contributed by atoms with Crippen LogP contribution in [0.5, 0.6) is 40.2 Å². The minimum Gasteiger partial charge on any atom is -0.508 e. The van der Waals surface area contributed by atoms with Crippen molar-refractivity contribution in [2.24, 2.45) is 0 Å². The Labute approximate surface area is 224 Å². The van der Waals surface area contributed by atoms with E-state index >= 15 is 0 Å². The number of hydrogen-bond donors (Lipinski definition) is 5. The van der Waals surface area contributed by atoms with Crippen LogP contribution in [-0.2, 0) is 6.42 Å². The molecule has 0 amide bonds. The lowest BCUT2D eigenvalue weighted by Crippen LogP contribution is -2.30. The Morgan fingerprint density at radius 1 is 0.949 bits per heavy atom. The topological polar surface area (TPSA) is 154 Å². The Morgan fingerprint density at radius 2 is 1.62 bits per heavy atom. The number of aromatic hydroxyl groups is 5. The summed E-state index contributed by atoms with van der Waals surface area (Å²) in [7, 11) is 0. The molecule has 5 N–H and O–H groups in total. The molecule has 1 atom stereocenters. The highest BCUT2D eigenvalue weighted by atomic mass is 16.5. The maximum atomic E-state index is 13.4. The van der Waals surface area contributed by atoms with Crippen molar-refractivity contribution in [1.29, 1.82) is 0 Å². The Kier molecular flexibility index (Phi) is 5.97. The van der Waals surface area contributed by atoms with Crippen molar-refractivity contribution in [3.63, 3.8) is 0 Å². The number of benzene rings is 3. The predicted octanol–water partition coefficient (Wildman–Crippen LogP) is 5.21. The maximum absolute atomic E-state index is 13.4. The van der Waals surface area contributed by atoms with Gasteiger partial charge in [0.2, 0.25) is 0 Å². The number of phenols is 5. The first-order chi connectivity index (χ1) is 18.3. The van der Waals surface area contributed by atoms with Crippen molar-refractivity contribution in [3.8, 4) is 40.2 Å². The van der Waals surface area contributed by atoms with Gasteiger partial charge in [-0.1, -0.05) is 12.1 Å². The van der Waals surface area contributed by atoms with Gasteiger partial charge in [0.15, 0.2) is 11.6 Å². The largest absolute Gasteiger partial charge is 0.508 e. The first-order valence-electron chi connectivity index (χ1n) is 12.4. The molecule has 0 aliphatic carbocycles. The van der Waals surface area contributed by atoms with Gasteiger partial charge >= 0.3 is 0 Å². The molecule has 0 saturated heterocycles. The molecule has 9 nitrogen and oxygen atoms in total. The van der Waals surface area contributed by atoms with Crippen LogP contribution in [0.25, 0.3) is 6.08 Å². The fourth-order valence-electron chi connectivity index (χ4n) is 5.08. The van der Waals surface area contributed by atoms with Crippen molar-refractivity contribution in [3.05, 3.63) is 69.3 Å². The summed E-state index contributed by atoms with van der Waals surface area (Å²) in [6.45, 7) is 6.18. The van der Waals surface area contributed by atoms with E-state index in [1.54, 1.807) is 38.1 Å². The molecule has 0 radical (unpaired) electrons. The van der Waals surface area contributed by atoms with E-state index < -0.39 is 40.5 Å². The van der Waals surface area contributed by atoms with Crippen molar-refractivity contribution in [2.75, 3.05) is 0 Å². The predicted molar refractivity (Wildman–Crippen MR) is 141 cm³/mol. The monoisotopic (exact) mass is 532 g/mol. The third kappa shape index (κ3) is 4.20. The van der Waals surface area contributed by atoms with E-state index in [9.17, 15) is 35.1 Å². The summed E-state index contributed by atoms with van der Waals surface area (Å²) in [6.07, 6.45) is 2.27. The zero-order chi connectivity index (χ0) is 28.4. The molecule has 2 heterocycles. The number of Topliss-reactive ketones (excluding diaryl/α,β-unsaturated/α-hetero) is 2. The summed E-state index contributed by atoms with van der Waals surface area (Å²) < 4.78 is 12.5. The molecule has 0 saturated carbocycles. The third-order valence-electron chi connectivity index (χ3n) is 7.16. The molecular weight excluding hydrogens is 504 g/mol. The highest BCUT2D eigenvalue weighted by Gasteiger charge is 2.39. The van der Waals surface area contributed by atoms with Crippen LogP contribution in [0.3, 0.4) is 0 Å². The van der Waals surface area contributed by atoms with Crippen LogP contribution in [0.1, 0.15) is 81.8 Å². The fourth-order valence-corrected chi connectivity index (χ4v) is 5.08. The summed E-state index contributed by atoms with van der Waals surface area (Å²) in [6, 6.07) is 6.19. The number of carbonyl (C=O) groups excluding carboxylic acids is 2. The molecule has 3 aromatic rings. The molecule has 202 valence electrons. The second kappa shape index (κ2) is 8.97. The average molecular weight is 533 g/mol. The zero-order valence-electron chi connectivity index (χ0n) is 21.8. The summed E-state index contributed by atoms with van der Waals surface area (Å²) in [4.78, 5) is 25.7. The fraction of sp³-hybridized carbons (Fsp3) is 0.267. The maximum Gasteiger partial charge on any atom is 0.174 e. The van der Waals surface area contributed by atoms with Crippen LogP contribution in [0.2, 0.25) is 0 Å². The molecular formula is C30H28O9. The average Bonchev–Trinajstić information content (AvgIpc) is 2.86. The van der Waals surface area contributed by atoms with Gasteiger partial charge in [-0.25, -0.2) is 0 Å². The lowest BCUT2D eigenvalue weighted by molar-refractivity contribution is 0.0839. The second-order valence-electron chi connectivity index (χ2n) is 10.4. The molecule has 9 heteroatoms. The molecule has 2 aliphatic heterocycles. The lowest BCUT2D eigenvalue weighted by atomic mass is 9.86. The number of ketones is 2. The highest BCUT2D eigenvalue weighted by molar-refractivity contribution is 6.05. The van der Waals surface area contributed by atoms with Crippen molar-refractivity contribution in [1.82, 2.24) is 0 Å². The van der Waals surface area contributed by atoms with Gasteiger partial charge in [0, 0.05) is 23.1 Å². The molecule has 2 aliphatic rings.